The number of hydrogen-bond donors (Lipinski definition) is 3. The lowest BCUT2D eigenvalue weighted by Crippen LogP contribution is -2.23. The van der Waals surface area contributed by atoms with E-state index in [1.54, 1.807) is 18.3 Å². The van der Waals surface area contributed by atoms with Crippen LogP contribution in [0.25, 0.3) is 0 Å². The lowest BCUT2D eigenvalue weighted by Gasteiger charge is -2.13. The third-order valence-corrected chi connectivity index (χ3v) is 4.53. The first-order valence-corrected chi connectivity index (χ1v) is 7.40. The molecule has 6 nitrogen and oxygen atoms in total. The van der Waals surface area contributed by atoms with Crippen LogP contribution in [-0.2, 0) is 17.7 Å². The van der Waals surface area contributed by atoms with E-state index >= 15 is 0 Å². The molecule has 0 aliphatic carbocycles. The number of aromatic amines is 1. The number of carbonyl (C=O) groups is 2. The second-order valence-electron chi connectivity index (χ2n) is 4.66. The van der Waals surface area contributed by atoms with E-state index < -0.39 is 5.97 Å². The molecule has 0 spiro atoms. The summed E-state index contributed by atoms with van der Waals surface area (Å²) in [7, 11) is 1.35. The van der Waals surface area contributed by atoms with Gasteiger partial charge in [0.2, 0.25) is 0 Å². The minimum Gasteiger partial charge on any atom is -0.465 e. The van der Waals surface area contributed by atoms with Crippen LogP contribution in [0.2, 0.25) is 0 Å². The number of hydrogen-bond acceptors (Lipinski definition) is 5. The zero-order valence-corrected chi connectivity index (χ0v) is 12.3. The molecule has 0 aromatic carbocycles. The molecule has 0 unspecified atom stereocenters. The average molecular weight is 305 g/mol. The van der Waals surface area contributed by atoms with Gasteiger partial charge in [0.25, 0.3) is 5.91 Å². The fourth-order valence-electron chi connectivity index (χ4n) is 2.38. The molecular formula is C14H15N3O3S. The smallest absolute Gasteiger partial charge is 0.341 e. The summed E-state index contributed by atoms with van der Waals surface area (Å²) in [6, 6.07) is 3.43. The Morgan fingerprint density at radius 2 is 2.29 bits per heavy atom. The Labute approximate surface area is 125 Å². The molecule has 3 N–H and O–H groups in total. The maximum Gasteiger partial charge on any atom is 0.341 e. The van der Waals surface area contributed by atoms with Gasteiger partial charge in [0.05, 0.1) is 12.7 Å². The van der Waals surface area contributed by atoms with Crippen LogP contribution in [0.4, 0.5) is 5.00 Å². The number of aromatic nitrogens is 1. The van der Waals surface area contributed by atoms with Crippen LogP contribution in [0.5, 0.6) is 0 Å². The van der Waals surface area contributed by atoms with Gasteiger partial charge in [-0.1, -0.05) is 0 Å². The van der Waals surface area contributed by atoms with Gasteiger partial charge >= 0.3 is 5.97 Å². The highest BCUT2D eigenvalue weighted by Crippen LogP contribution is 2.36. The number of rotatable bonds is 3. The van der Waals surface area contributed by atoms with E-state index in [2.05, 4.69) is 15.6 Å². The number of thiophene rings is 1. The van der Waals surface area contributed by atoms with E-state index in [-0.39, 0.29) is 5.91 Å². The second kappa shape index (κ2) is 5.71. The van der Waals surface area contributed by atoms with Crippen molar-refractivity contribution in [3.05, 3.63) is 40.0 Å². The van der Waals surface area contributed by atoms with Crippen LogP contribution < -0.4 is 10.6 Å². The molecule has 2 aromatic heterocycles. The summed E-state index contributed by atoms with van der Waals surface area (Å²) in [5.74, 6) is -0.673. The summed E-state index contributed by atoms with van der Waals surface area (Å²) in [4.78, 5) is 28.1. The number of methoxy groups -OCH3 is 1. The van der Waals surface area contributed by atoms with E-state index in [4.69, 9.17) is 4.74 Å². The van der Waals surface area contributed by atoms with E-state index in [0.29, 0.717) is 22.8 Å². The third kappa shape index (κ3) is 2.57. The number of H-pyrrole nitrogens is 1. The van der Waals surface area contributed by atoms with Crippen LogP contribution in [0.3, 0.4) is 0 Å². The zero-order chi connectivity index (χ0) is 14.8. The van der Waals surface area contributed by atoms with Crippen LogP contribution in [0.1, 0.15) is 31.3 Å². The summed E-state index contributed by atoms with van der Waals surface area (Å²) >= 11 is 1.42. The Hall–Kier alpha value is -2.12. The monoisotopic (exact) mass is 305 g/mol. The quantitative estimate of drug-likeness (QED) is 0.755. The molecule has 0 saturated heterocycles. The number of fused-ring (bicyclic) bond motifs is 1. The number of anilines is 1. The van der Waals surface area contributed by atoms with Gasteiger partial charge in [0.1, 0.15) is 10.7 Å². The fraction of sp³-hybridized carbons (Fsp3) is 0.286. The first-order valence-electron chi connectivity index (χ1n) is 6.59. The molecule has 1 aliphatic heterocycles. The van der Waals surface area contributed by atoms with Gasteiger partial charge in [-0.15, -0.1) is 11.3 Å². The number of amides is 1. The second-order valence-corrected chi connectivity index (χ2v) is 5.77. The van der Waals surface area contributed by atoms with Gasteiger partial charge < -0.3 is 20.4 Å². The zero-order valence-electron chi connectivity index (χ0n) is 11.5. The Bertz CT molecular complexity index is 676. The topological polar surface area (TPSA) is 83.2 Å². The molecule has 0 radical (unpaired) electrons. The summed E-state index contributed by atoms with van der Waals surface area (Å²) in [6.45, 7) is 1.53. The molecule has 21 heavy (non-hydrogen) atoms. The fourth-order valence-corrected chi connectivity index (χ4v) is 3.58. The van der Waals surface area contributed by atoms with Crippen molar-refractivity contribution in [1.29, 1.82) is 0 Å². The molecule has 1 amide bonds. The molecule has 2 aromatic rings. The van der Waals surface area contributed by atoms with E-state index in [1.807, 2.05) is 0 Å². The highest BCUT2D eigenvalue weighted by atomic mass is 32.1. The number of carbonyl (C=O) groups excluding carboxylic acids is 2. The van der Waals surface area contributed by atoms with Gasteiger partial charge in [-0.2, -0.15) is 0 Å². The minimum atomic E-state index is -0.406. The summed E-state index contributed by atoms with van der Waals surface area (Å²) < 4.78 is 4.86. The standard InChI is InChI=1S/C14H15N3O3S/c1-20-14(19)11-8-4-6-15-7-10(8)21-13(11)17-12(18)9-3-2-5-16-9/h2-3,5,15-16H,4,6-7H2,1H3,(H,17,18). The number of esters is 1. The van der Waals surface area contributed by atoms with Crippen molar-refractivity contribution in [3.8, 4) is 0 Å². The lowest BCUT2D eigenvalue weighted by molar-refractivity contribution is 0.0601. The van der Waals surface area contributed by atoms with Gasteiger partial charge in [-0.25, -0.2) is 4.79 Å². The van der Waals surface area contributed by atoms with E-state index in [0.717, 1.165) is 23.4 Å². The molecular weight excluding hydrogens is 290 g/mol. The average Bonchev–Trinajstić information content (AvgIpc) is 3.13. The summed E-state index contributed by atoms with van der Waals surface area (Å²) in [5, 5.41) is 6.61. The molecule has 7 heteroatoms. The van der Waals surface area contributed by atoms with Crippen LogP contribution in [0, 0.1) is 0 Å². The SMILES string of the molecule is COC(=O)c1c(NC(=O)c2ccc[nH]2)sc2c1CCNC2. The van der Waals surface area contributed by atoms with Gasteiger partial charge in [0, 0.05) is 17.6 Å². The normalized spacial score (nSPS) is 13.6. The predicted molar refractivity (Wildman–Crippen MR) is 79.8 cm³/mol. The van der Waals surface area contributed by atoms with Gasteiger partial charge in [-0.3, -0.25) is 4.79 Å². The predicted octanol–water partition coefficient (Wildman–Crippen LogP) is 1.76. The highest BCUT2D eigenvalue weighted by molar-refractivity contribution is 7.17. The van der Waals surface area contributed by atoms with Crippen LogP contribution in [-0.4, -0.2) is 30.5 Å². The Morgan fingerprint density at radius 1 is 1.43 bits per heavy atom. The van der Waals surface area contributed by atoms with Crippen molar-refractivity contribution in [3.63, 3.8) is 0 Å². The molecule has 3 heterocycles. The number of ether oxygens (including phenoxy) is 1. The Morgan fingerprint density at radius 3 is 3.00 bits per heavy atom. The molecule has 0 bridgehead atoms. The molecule has 0 fully saturated rings. The Kier molecular flexibility index (Phi) is 3.76. The maximum absolute atomic E-state index is 12.1. The van der Waals surface area contributed by atoms with Crippen molar-refractivity contribution in [2.45, 2.75) is 13.0 Å². The van der Waals surface area contributed by atoms with Crippen LogP contribution in [0.15, 0.2) is 18.3 Å². The van der Waals surface area contributed by atoms with E-state index in [1.165, 1.54) is 18.4 Å². The van der Waals surface area contributed by atoms with Gasteiger partial charge in [0.15, 0.2) is 0 Å². The lowest BCUT2D eigenvalue weighted by atomic mass is 10.0. The van der Waals surface area contributed by atoms with Crippen LogP contribution >= 0.6 is 11.3 Å². The highest BCUT2D eigenvalue weighted by Gasteiger charge is 2.27. The first kappa shape index (κ1) is 13.8. The van der Waals surface area contributed by atoms with Crippen molar-refractivity contribution in [2.75, 3.05) is 19.0 Å². The van der Waals surface area contributed by atoms with Crippen molar-refractivity contribution >= 4 is 28.2 Å². The first-order chi connectivity index (χ1) is 10.2. The summed E-state index contributed by atoms with van der Waals surface area (Å²) in [6.07, 6.45) is 2.44. The molecule has 110 valence electrons. The van der Waals surface area contributed by atoms with Gasteiger partial charge in [-0.05, 0) is 30.7 Å². The minimum absolute atomic E-state index is 0.267. The molecule has 0 atom stereocenters. The molecule has 3 rings (SSSR count). The molecule has 0 saturated carbocycles. The Balaban J connectivity index is 1.95. The maximum atomic E-state index is 12.1. The number of nitrogens with one attached hydrogen (secondary N) is 3. The summed E-state index contributed by atoms with van der Waals surface area (Å²) in [5.41, 5.74) is 1.92. The van der Waals surface area contributed by atoms with Crippen molar-refractivity contribution < 1.29 is 14.3 Å². The largest absolute Gasteiger partial charge is 0.465 e. The van der Waals surface area contributed by atoms with Crippen molar-refractivity contribution in [1.82, 2.24) is 10.3 Å². The third-order valence-electron chi connectivity index (χ3n) is 3.39. The van der Waals surface area contributed by atoms with Crippen molar-refractivity contribution in [2.24, 2.45) is 0 Å². The van der Waals surface area contributed by atoms with E-state index in [9.17, 15) is 9.59 Å². The molecule has 1 aliphatic rings.